The topological polar surface area (TPSA) is 75.3 Å². The molecule has 0 bridgehead atoms. The van der Waals surface area contributed by atoms with E-state index in [1.165, 1.54) is 12.1 Å². The molecule has 0 heterocycles. The van der Waals surface area contributed by atoms with Crippen LogP contribution in [0, 0.1) is 5.92 Å². The van der Waals surface area contributed by atoms with E-state index in [-0.39, 0.29) is 17.7 Å². The van der Waals surface area contributed by atoms with Crippen LogP contribution in [0.5, 0.6) is 5.75 Å². The Kier molecular flexibility index (Phi) is 4.97. The molecule has 1 aromatic carbocycles. The van der Waals surface area contributed by atoms with Crippen molar-refractivity contribution < 1.29 is 9.90 Å². The van der Waals surface area contributed by atoms with Crippen LogP contribution in [0.15, 0.2) is 24.3 Å². The summed E-state index contributed by atoms with van der Waals surface area (Å²) in [6, 6.07) is 6.29. The molecule has 0 aliphatic heterocycles. The van der Waals surface area contributed by atoms with Crippen LogP contribution in [0.1, 0.15) is 30.6 Å². The second-order valence-corrected chi connectivity index (χ2v) is 4.45. The SMILES string of the molecule is CC(C)C(CCN)NC(=O)c1ccc(O)cc1. The smallest absolute Gasteiger partial charge is 0.251 e. The fourth-order valence-electron chi connectivity index (χ4n) is 1.62. The second-order valence-electron chi connectivity index (χ2n) is 4.45. The number of nitrogens with two attached hydrogens (primary N) is 1. The van der Waals surface area contributed by atoms with Gasteiger partial charge in [0.25, 0.3) is 5.91 Å². The van der Waals surface area contributed by atoms with Gasteiger partial charge in [0.1, 0.15) is 5.75 Å². The van der Waals surface area contributed by atoms with E-state index in [2.05, 4.69) is 19.2 Å². The lowest BCUT2D eigenvalue weighted by atomic mass is 10.0. The molecule has 94 valence electrons. The monoisotopic (exact) mass is 236 g/mol. The van der Waals surface area contributed by atoms with Gasteiger partial charge in [-0.1, -0.05) is 13.8 Å². The highest BCUT2D eigenvalue weighted by atomic mass is 16.3. The van der Waals surface area contributed by atoms with Crippen molar-refractivity contribution in [2.24, 2.45) is 11.7 Å². The highest BCUT2D eigenvalue weighted by molar-refractivity contribution is 5.94. The van der Waals surface area contributed by atoms with Gasteiger partial charge in [0.05, 0.1) is 0 Å². The molecule has 0 saturated heterocycles. The van der Waals surface area contributed by atoms with Crippen molar-refractivity contribution in [1.29, 1.82) is 0 Å². The van der Waals surface area contributed by atoms with E-state index < -0.39 is 0 Å². The predicted molar refractivity (Wildman–Crippen MR) is 67.9 cm³/mol. The zero-order valence-electron chi connectivity index (χ0n) is 10.3. The minimum atomic E-state index is -0.128. The minimum Gasteiger partial charge on any atom is -0.508 e. The zero-order chi connectivity index (χ0) is 12.8. The zero-order valence-corrected chi connectivity index (χ0v) is 10.3. The molecule has 0 aliphatic carbocycles. The third-order valence-corrected chi connectivity index (χ3v) is 2.73. The van der Waals surface area contributed by atoms with Crippen molar-refractivity contribution in [2.75, 3.05) is 6.54 Å². The van der Waals surface area contributed by atoms with Crippen molar-refractivity contribution in [3.8, 4) is 5.75 Å². The second kappa shape index (κ2) is 6.25. The molecule has 1 amide bonds. The van der Waals surface area contributed by atoms with Crippen LogP contribution in [-0.2, 0) is 0 Å². The van der Waals surface area contributed by atoms with Gasteiger partial charge in [-0.3, -0.25) is 4.79 Å². The molecule has 0 saturated carbocycles. The fourth-order valence-corrected chi connectivity index (χ4v) is 1.62. The summed E-state index contributed by atoms with van der Waals surface area (Å²) in [6.45, 7) is 4.66. The Morgan fingerprint density at radius 2 is 1.94 bits per heavy atom. The van der Waals surface area contributed by atoms with E-state index >= 15 is 0 Å². The van der Waals surface area contributed by atoms with Crippen molar-refractivity contribution in [2.45, 2.75) is 26.3 Å². The molecular weight excluding hydrogens is 216 g/mol. The molecule has 4 N–H and O–H groups in total. The molecule has 0 spiro atoms. The lowest BCUT2D eigenvalue weighted by molar-refractivity contribution is 0.0924. The number of benzene rings is 1. The highest BCUT2D eigenvalue weighted by Crippen LogP contribution is 2.11. The molecule has 1 unspecified atom stereocenters. The van der Waals surface area contributed by atoms with Gasteiger partial charge in [-0.05, 0) is 43.1 Å². The summed E-state index contributed by atoms with van der Waals surface area (Å²) in [6.07, 6.45) is 0.765. The van der Waals surface area contributed by atoms with Crippen molar-refractivity contribution in [3.05, 3.63) is 29.8 Å². The van der Waals surface area contributed by atoms with Gasteiger partial charge >= 0.3 is 0 Å². The maximum absolute atomic E-state index is 11.9. The maximum Gasteiger partial charge on any atom is 0.251 e. The summed E-state index contributed by atoms with van der Waals surface area (Å²) in [7, 11) is 0. The first-order valence-electron chi connectivity index (χ1n) is 5.84. The molecule has 4 heteroatoms. The molecular formula is C13H20N2O2. The molecule has 1 atom stereocenters. The molecule has 0 radical (unpaired) electrons. The van der Waals surface area contributed by atoms with E-state index in [0.717, 1.165) is 6.42 Å². The largest absolute Gasteiger partial charge is 0.508 e. The third-order valence-electron chi connectivity index (χ3n) is 2.73. The van der Waals surface area contributed by atoms with Gasteiger partial charge in [-0.25, -0.2) is 0 Å². The van der Waals surface area contributed by atoms with E-state index in [4.69, 9.17) is 10.8 Å². The average Bonchev–Trinajstić information content (AvgIpc) is 2.29. The molecule has 1 rings (SSSR count). The Hall–Kier alpha value is -1.55. The Morgan fingerprint density at radius 1 is 1.35 bits per heavy atom. The van der Waals surface area contributed by atoms with E-state index in [1.54, 1.807) is 12.1 Å². The Bertz CT molecular complexity index is 360. The first-order valence-corrected chi connectivity index (χ1v) is 5.84. The summed E-state index contributed by atoms with van der Waals surface area (Å²) < 4.78 is 0. The average molecular weight is 236 g/mol. The molecule has 1 aromatic rings. The van der Waals surface area contributed by atoms with Crippen LogP contribution in [0.3, 0.4) is 0 Å². The Labute approximate surface area is 102 Å². The van der Waals surface area contributed by atoms with Crippen molar-refractivity contribution in [1.82, 2.24) is 5.32 Å². The van der Waals surface area contributed by atoms with Gasteiger partial charge in [0, 0.05) is 11.6 Å². The van der Waals surface area contributed by atoms with Crippen LogP contribution in [0.25, 0.3) is 0 Å². The van der Waals surface area contributed by atoms with Crippen LogP contribution < -0.4 is 11.1 Å². The number of rotatable bonds is 5. The quantitative estimate of drug-likeness (QED) is 0.725. The first kappa shape index (κ1) is 13.5. The standard InChI is InChI=1S/C13H20N2O2/c1-9(2)12(7-8-14)15-13(17)10-3-5-11(16)6-4-10/h3-6,9,12,16H,7-8,14H2,1-2H3,(H,15,17). The number of hydrogen-bond acceptors (Lipinski definition) is 3. The molecule has 0 aliphatic rings. The van der Waals surface area contributed by atoms with Crippen molar-refractivity contribution in [3.63, 3.8) is 0 Å². The van der Waals surface area contributed by atoms with Crippen molar-refractivity contribution >= 4 is 5.91 Å². The summed E-state index contributed by atoms with van der Waals surface area (Å²) in [5.74, 6) is 0.376. The number of hydrogen-bond donors (Lipinski definition) is 3. The van der Waals surface area contributed by atoms with Gasteiger partial charge in [0.15, 0.2) is 0 Å². The summed E-state index contributed by atoms with van der Waals surface area (Å²) in [4.78, 5) is 11.9. The van der Waals surface area contributed by atoms with Gasteiger partial charge < -0.3 is 16.2 Å². The Morgan fingerprint density at radius 3 is 2.41 bits per heavy atom. The van der Waals surface area contributed by atoms with Crippen LogP contribution >= 0.6 is 0 Å². The predicted octanol–water partition coefficient (Wildman–Crippen LogP) is 1.50. The van der Waals surface area contributed by atoms with Gasteiger partial charge in [-0.2, -0.15) is 0 Å². The van der Waals surface area contributed by atoms with E-state index in [1.807, 2.05) is 0 Å². The number of aromatic hydroxyl groups is 1. The maximum atomic E-state index is 11.9. The lowest BCUT2D eigenvalue weighted by Gasteiger charge is -2.21. The van der Waals surface area contributed by atoms with Gasteiger partial charge in [-0.15, -0.1) is 0 Å². The third kappa shape index (κ3) is 4.07. The summed E-state index contributed by atoms with van der Waals surface area (Å²) >= 11 is 0. The Balaban J connectivity index is 2.66. The lowest BCUT2D eigenvalue weighted by Crippen LogP contribution is -2.39. The number of carbonyl (C=O) groups excluding carboxylic acids is 1. The van der Waals surface area contributed by atoms with E-state index in [9.17, 15) is 4.79 Å². The van der Waals surface area contributed by atoms with Crippen LogP contribution in [0.4, 0.5) is 0 Å². The number of amides is 1. The highest BCUT2D eigenvalue weighted by Gasteiger charge is 2.16. The molecule has 4 nitrogen and oxygen atoms in total. The van der Waals surface area contributed by atoms with Crippen LogP contribution in [0.2, 0.25) is 0 Å². The molecule has 0 aromatic heterocycles. The molecule has 0 fully saturated rings. The van der Waals surface area contributed by atoms with Crippen LogP contribution in [-0.4, -0.2) is 23.6 Å². The molecule has 17 heavy (non-hydrogen) atoms. The number of nitrogens with one attached hydrogen (secondary N) is 1. The number of phenols is 1. The van der Waals surface area contributed by atoms with E-state index in [0.29, 0.717) is 18.0 Å². The number of carbonyl (C=O) groups is 1. The minimum absolute atomic E-state index is 0.0845. The number of phenolic OH excluding ortho intramolecular Hbond substituents is 1. The summed E-state index contributed by atoms with van der Waals surface area (Å²) in [5, 5.41) is 12.1. The van der Waals surface area contributed by atoms with Gasteiger partial charge in [0.2, 0.25) is 0 Å². The first-order chi connectivity index (χ1) is 8.04. The normalized spacial score (nSPS) is 12.5. The summed E-state index contributed by atoms with van der Waals surface area (Å²) in [5.41, 5.74) is 6.06. The fraction of sp³-hybridized carbons (Fsp3) is 0.462.